The summed E-state index contributed by atoms with van der Waals surface area (Å²) in [5, 5.41) is 17.9. The lowest BCUT2D eigenvalue weighted by molar-refractivity contribution is 0.0649. The molecule has 3 aromatic rings. The van der Waals surface area contributed by atoms with Crippen molar-refractivity contribution in [2.75, 3.05) is 37.4 Å². The molecule has 0 aliphatic carbocycles. The largest absolute Gasteiger partial charge is 0.491 e. The SMILES string of the molecule is COc1cnc(Nc2cc(-n3nnnc3C)ccc2F)nc1NC[C@@H]1CCCN2CCCC[C@H]12. The van der Waals surface area contributed by atoms with Crippen molar-refractivity contribution in [1.29, 1.82) is 0 Å². The fourth-order valence-corrected chi connectivity index (χ4v) is 5.08. The standard InChI is InChI=1S/C23H30FN9O/c1-15-29-30-31-33(15)17-8-9-18(24)19(12-17)27-23-26-14-21(34-2)22(28-23)25-13-16-6-5-11-32-10-4-3-7-20(16)32/h8-9,12,14,16,20H,3-7,10-11,13H2,1-2H3,(H2,25,26,27,28)/t16-,20+/m0/s1. The monoisotopic (exact) mass is 467 g/mol. The van der Waals surface area contributed by atoms with Crippen molar-refractivity contribution < 1.29 is 9.13 Å². The molecule has 2 aromatic heterocycles. The van der Waals surface area contributed by atoms with E-state index in [9.17, 15) is 4.39 Å². The van der Waals surface area contributed by atoms with E-state index in [0.717, 1.165) is 6.54 Å². The number of aryl methyl sites for hydroxylation is 1. The van der Waals surface area contributed by atoms with Crippen LogP contribution in [-0.4, -0.2) is 67.9 Å². The smallest absolute Gasteiger partial charge is 0.229 e. The Labute approximate surface area is 197 Å². The fourth-order valence-electron chi connectivity index (χ4n) is 5.08. The highest BCUT2D eigenvalue weighted by molar-refractivity contribution is 5.61. The van der Waals surface area contributed by atoms with E-state index in [0.29, 0.717) is 35.0 Å². The first-order chi connectivity index (χ1) is 16.6. The summed E-state index contributed by atoms with van der Waals surface area (Å²) in [4.78, 5) is 11.5. The van der Waals surface area contributed by atoms with Gasteiger partial charge in [-0.25, -0.2) is 9.37 Å². The van der Waals surface area contributed by atoms with Crippen molar-refractivity contribution in [3.63, 3.8) is 0 Å². The van der Waals surface area contributed by atoms with Gasteiger partial charge in [0.25, 0.3) is 0 Å². The summed E-state index contributed by atoms with van der Waals surface area (Å²) in [6.07, 6.45) is 7.90. The minimum atomic E-state index is -0.428. The quantitative estimate of drug-likeness (QED) is 0.541. The summed E-state index contributed by atoms with van der Waals surface area (Å²) in [6.45, 7) is 5.01. The molecule has 0 bridgehead atoms. The van der Waals surface area contributed by atoms with Crippen molar-refractivity contribution in [2.24, 2.45) is 5.92 Å². The molecule has 2 N–H and O–H groups in total. The molecule has 11 heteroatoms. The highest BCUT2D eigenvalue weighted by Crippen LogP contribution is 2.32. The Bertz CT molecular complexity index is 1140. The lowest BCUT2D eigenvalue weighted by atomic mass is 9.83. The molecule has 0 saturated carbocycles. The molecule has 180 valence electrons. The zero-order chi connectivity index (χ0) is 23.5. The summed E-state index contributed by atoms with van der Waals surface area (Å²) in [5.41, 5.74) is 0.862. The second kappa shape index (κ2) is 9.88. The van der Waals surface area contributed by atoms with Crippen LogP contribution in [0.25, 0.3) is 5.69 Å². The Morgan fingerprint density at radius 1 is 1.18 bits per heavy atom. The van der Waals surface area contributed by atoms with E-state index in [-0.39, 0.29) is 11.6 Å². The van der Waals surface area contributed by atoms with E-state index in [2.05, 4.69) is 41.0 Å². The first kappa shape index (κ1) is 22.5. The van der Waals surface area contributed by atoms with Gasteiger partial charge in [0.1, 0.15) is 5.82 Å². The van der Waals surface area contributed by atoms with E-state index in [1.165, 1.54) is 55.9 Å². The molecule has 2 aliphatic heterocycles. The molecule has 2 saturated heterocycles. The van der Waals surface area contributed by atoms with Crippen LogP contribution < -0.4 is 15.4 Å². The first-order valence-corrected chi connectivity index (χ1v) is 11.8. The molecular formula is C23H30FN9O. The van der Waals surface area contributed by atoms with E-state index in [1.807, 2.05) is 0 Å². The lowest BCUT2D eigenvalue weighted by Gasteiger charge is -2.44. The number of methoxy groups -OCH3 is 1. The normalized spacial score (nSPS) is 20.6. The lowest BCUT2D eigenvalue weighted by Crippen LogP contribution is -2.49. The van der Waals surface area contributed by atoms with Crippen LogP contribution in [0.3, 0.4) is 0 Å². The third-order valence-electron chi connectivity index (χ3n) is 6.80. The van der Waals surface area contributed by atoms with E-state index >= 15 is 0 Å². The van der Waals surface area contributed by atoms with Crippen LogP contribution in [0.1, 0.15) is 37.9 Å². The average Bonchev–Trinajstić information content (AvgIpc) is 3.30. The molecule has 0 amide bonds. The third kappa shape index (κ3) is 4.65. The number of anilines is 3. The molecular weight excluding hydrogens is 437 g/mol. The number of tetrazole rings is 1. The van der Waals surface area contributed by atoms with Crippen LogP contribution in [0.5, 0.6) is 5.75 Å². The van der Waals surface area contributed by atoms with Gasteiger partial charge in [-0.2, -0.15) is 9.67 Å². The predicted molar refractivity (Wildman–Crippen MR) is 126 cm³/mol. The van der Waals surface area contributed by atoms with E-state index < -0.39 is 5.82 Å². The number of aromatic nitrogens is 6. The number of rotatable bonds is 7. The summed E-state index contributed by atoms with van der Waals surface area (Å²) in [6, 6.07) is 5.23. The number of hydrogen-bond donors (Lipinski definition) is 2. The maximum absolute atomic E-state index is 14.6. The van der Waals surface area contributed by atoms with Gasteiger partial charge in [-0.05, 0) is 80.2 Å². The first-order valence-electron chi connectivity index (χ1n) is 11.8. The van der Waals surface area contributed by atoms with Crippen LogP contribution >= 0.6 is 0 Å². The predicted octanol–water partition coefficient (Wildman–Crippen LogP) is 3.33. The summed E-state index contributed by atoms with van der Waals surface area (Å²) >= 11 is 0. The minimum absolute atomic E-state index is 0.230. The van der Waals surface area contributed by atoms with Gasteiger partial charge in [-0.15, -0.1) is 5.10 Å². The van der Waals surface area contributed by atoms with Gasteiger partial charge in [-0.1, -0.05) is 6.42 Å². The van der Waals surface area contributed by atoms with E-state index in [4.69, 9.17) is 4.74 Å². The maximum Gasteiger partial charge on any atom is 0.229 e. The number of piperidine rings is 2. The minimum Gasteiger partial charge on any atom is -0.491 e. The Morgan fingerprint density at radius 2 is 2.06 bits per heavy atom. The summed E-state index contributed by atoms with van der Waals surface area (Å²) < 4.78 is 21.6. The summed E-state index contributed by atoms with van der Waals surface area (Å²) in [7, 11) is 1.60. The Balaban J connectivity index is 1.33. The highest BCUT2D eigenvalue weighted by Gasteiger charge is 2.32. The molecule has 10 nitrogen and oxygen atoms in total. The molecule has 2 aliphatic rings. The molecule has 0 unspecified atom stereocenters. The molecule has 34 heavy (non-hydrogen) atoms. The molecule has 0 spiro atoms. The van der Waals surface area contributed by atoms with Gasteiger partial charge in [0, 0.05) is 12.6 Å². The number of hydrogen-bond acceptors (Lipinski definition) is 9. The second-order valence-electron chi connectivity index (χ2n) is 8.92. The van der Waals surface area contributed by atoms with Gasteiger partial charge in [-0.3, -0.25) is 0 Å². The van der Waals surface area contributed by atoms with Gasteiger partial charge in [0.2, 0.25) is 5.95 Å². The highest BCUT2D eigenvalue weighted by atomic mass is 19.1. The molecule has 2 fully saturated rings. The zero-order valence-electron chi connectivity index (χ0n) is 19.5. The molecule has 2 atom stereocenters. The Morgan fingerprint density at radius 3 is 2.88 bits per heavy atom. The number of nitrogens with zero attached hydrogens (tertiary/aromatic N) is 7. The van der Waals surface area contributed by atoms with Gasteiger partial charge in [0.05, 0.1) is 24.7 Å². The van der Waals surface area contributed by atoms with Gasteiger partial charge < -0.3 is 20.3 Å². The maximum atomic E-state index is 14.6. The van der Waals surface area contributed by atoms with Gasteiger partial charge >= 0.3 is 0 Å². The van der Waals surface area contributed by atoms with Crippen molar-refractivity contribution in [1.82, 2.24) is 35.1 Å². The fraction of sp³-hybridized carbons (Fsp3) is 0.522. The average molecular weight is 468 g/mol. The third-order valence-corrected chi connectivity index (χ3v) is 6.80. The Kier molecular flexibility index (Phi) is 6.52. The number of ether oxygens (including phenoxy) is 1. The second-order valence-corrected chi connectivity index (χ2v) is 8.92. The summed E-state index contributed by atoms with van der Waals surface area (Å²) in [5.74, 6) is 2.17. The van der Waals surface area contributed by atoms with Crippen molar-refractivity contribution in [3.05, 3.63) is 36.0 Å². The van der Waals surface area contributed by atoms with Crippen LogP contribution in [-0.2, 0) is 0 Å². The van der Waals surface area contributed by atoms with Crippen LogP contribution in [0, 0.1) is 18.7 Å². The molecule has 5 rings (SSSR count). The number of benzene rings is 1. The van der Waals surface area contributed by atoms with Crippen molar-refractivity contribution >= 4 is 17.5 Å². The topological polar surface area (TPSA) is 106 Å². The van der Waals surface area contributed by atoms with Crippen LogP contribution in [0.15, 0.2) is 24.4 Å². The van der Waals surface area contributed by atoms with Crippen molar-refractivity contribution in [2.45, 2.75) is 45.1 Å². The number of fused-ring (bicyclic) bond motifs is 1. The number of halogens is 1. The Hall–Kier alpha value is -3.34. The van der Waals surface area contributed by atoms with Gasteiger partial charge in [0.15, 0.2) is 17.4 Å². The molecule has 4 heterocycles. The van der Waals surface area contributed by atoms with Crippen LogP contribution in [0.4, 0.5) is 21.8 Å². The molecule has 0 radical (unpaired) electrons. The molecule has 1 aromatic carbocycles. The van der Waals surface area contributed by atoms with Crippen LogP contribution in [0.2, 0.25) is 0 Å². The van der Waals surface area contributed by atoms with Crippen molar-refractivity contribution in [3.8, 4) is 11.4 Å². The van der Waals surface area contributed by atoms with E-state index in [1.54, 1.807) is 32.4 Å². The number of nitrogens with one attached hydrogen (secondary N) is 2. The zero-order valence-corrected chi connectivity index (χ0v) is 19.5.